The lowest BCUT2D eigenvalue weighted by Gasteiger charge is -2.25. The number of nitrogens with zero attached hydrogens (tertiary/aromatic N) is 5. The predicted octanol–water partition coefficient (Wildman–Crippen LogP) is 3.85. The lowest BCUT2D eigenvalue weighted by molar-refractivity contribution is -0.149. The largest absolute Gasteiger partial charge is 0.462 e. The van der Waals surface area contributed by atoms with Crippen molar-refractivity contribution in [3.05, 3.63) is 42.5 Å². The smallest absolute Gasteiger partial charge is 0.459 e. The van der Waals surface area contributed by atoms with E-state index < -0.39 is 56.6 Å². The Bertz CT molecular complexity index is 1500. The first kappa shape index (κ1) is 31.3. The molecule has 234 valence electrons. The second kappa shape index (κ2) is 12.1. The third kappa shape index (κ3) is 6.68. The van der Waals surface area contributed by atoms with E-state index in [0.717, 1.165) is 12.8 Å². The first-order valence-corrected chi connectivity index (χ1v) is 15.8. The second-order valence-electron chi connectivity index (χ2n) is 11.4. The molecule has 2 unspecified atom stereocenters. The maximum atomic E-state index is 16.2. The van der Waals surface area contributed by atoms with Crippen LogP contribution >= 0.6 is 7.75 Å². The maximum absolute atomic E-state index is 16.2. The van der Waals surface area contributed by atoms with Crippen molar-refractivity contribution in [2.24, 2.45) is 0 Å². The van der Waals surface area contributed by atoms with Crippen LogP contribution < -0.4 is 14.5 Å². The van der Waals surface area contributed by atoms with Crippen molar-refractivity contribution in [3.63, 3.8) is 0 Å². The van der Waals surface area contributed by atoms with E-state index in [2.05, 4.69) is 20.0 Å². The number of nitrogens with one attached hydrogen (secondary N) is 1. The first-order chi connectivity index (χ1) is 20.3. The van der Waals surface area contributed by atoms with Crippen molar-refractivity contribution >= 4 is 30.7 Å². The minimum atomic E-state index is -4.27. The lowest BCUT2D eigenvalue weighted by atomic mass is 9.98. The molecule has 2 aliphatic rings. The Labute approximate surface area is 249 Å². The Morgan fingerprint density at radius 3 is 2.63 bits per heavy atom. The average molecular weight is 621 g/mol. The molecule has 0 spiro atoms. The van der Waals surface area contributed by atoms with Gasteiger partial charge in [0.15, 0.2) is 28.9 Å². The normalized spacial score (nSPS) is 25.9. The SMILES string of the molecule is Cc1nc(N(C)C2CC2)c2ncn([C@@H]3OC(COP(=O)(N[C@@H](C)C(=O)OC(C)C)Oc4ccccc4)[C@@H](O)[C@@]3(C)F)c2n1. The second-order valence-corrected chi connectivity index (χ2v) is 13.1. The van der Waals surface area contributed by atoms with E-state index in [1.165, 1.54) is 24.7 Å². The van der Waals surface area contributed by atoms with E-state index >= 15 is 4.39 Å². The fraction of sp³-hybridized carbons (Fsp3) is 0.571. The van der Waals surface area contributed by atoms with Gasteiger partial charge in [-0.3, -0.25) is 13.9 Å². The summed E-state index contributed by atoms with van der Waals surface area (Å²) < 4.78 is 54.0. The topological polar surface area (TPSA) is 150 Å². The van der Waals surface area contributed by atoms with Crippen molar-refractivity contribution in [2.45, 2.75) is 89.8 Å². The number of anilines is 1. The van der Waals surface area contributed by atoms with E-state index in [-0.39, 0.29) is 5.75 Å². The molecule has 43 heavy (non-hydrogen) atoms. The van der Waals surface area contributed by atoms with Crippen LogP contribution in [0.25, 0.3) is 11.2 Å². The Kier molecular flexibility index (Phi) is 8.79. The molecule has 3 aromatic rings. The van der Waals surface area contributed by atoms with Crippen LogP contribution in [0.5, 0.6) is 5.75 Å². The van der Waals surface area contributed by atoms with Gasteiger partial charge in [0, 0.05) is 13.1 Å². The fourth-order valence-electron chi connectivity index (χ4n) is 4.92. The number of carbonyl (C=O) groups excluding carboxylic acids is 1. The molecule has 0 radical (unpaired) electrons. The third-order valence-corrected chi connectivity index (χ3v) is 8.99. The number of ether oxygens (including phenoxy) is 2. The van der Waals surface area contributed by atoms with Crippen molar-refractivity contribution in [1.82, 2.24) is 24.6 Å². The number of imidazole rings is 1. The number of para-hydroxylation sites is 1. The summed E-state index contributed by atoms with van der Waals surface area (Å²) in [5.41, 5.74) is -1.47. The molecule has 5 rings (SSSR count). The van der Waals surface area contributed by atoms with Gasteiger partial charge in [0.2, 0.25) is 0 Å². The van der Waals surface area contributed by atoms with Gasteiger partial charge < -0.3 is 24.0 Å². The number of aliphatic hydroxyl groups is 1. The van der Waals surface area contributed by atoms with Gasteiger partial charge in [-0.25, -0.2) is 23.9 Å². The molecule has 1 saturated carbocycles. The average Bonchev–Trinajstić information content (AvgIpc) is 3.67. The van der Waals surface area contributed by atoms with Crippen molar-refractivity contribution in [3.8, 4) is 5.75 Å². The number of aliphatic hydroxyl groups excluding tert-OH is 1. The lowest BCUT2D eigenvalue weighted by Crippen LogP contribution is -2.41. The van der Waals surface area contributed by atoms with Gasteiger partial charge in [-0.1, -0.05) is 18.2 Å². The number of esters is 1. The first-order valence-electron chi connectivity index (χ1n) is 14.2. The number of fused-ring (bicyclic) bond motifs is 1. The molecule has 1 aliphatic carbocycles. The Morgan fingerprint density at radius 1 is 1.28 bits per heavy atom. The number of hydrogen-bond donors (Lipinski definition) is 2. The zero-order valence-corrected chi connectivity index (χ0v) is 25.9. The molecular formula is C28H38FN6O7P. The summed E-state index contributed by atoms with van der Waals surface area (Å²) in [6, 6.07) is 7.51. The van der Waals surface area contributed by atoms with Gasteiger partial charge in [-0.15, -0.1) is 0 Å². The highest BCUT2D eigenvalue weighted by Gasteiger charge is 2.56. The molecule has 2 N–H and O–H groups in total. The molecule has 2 fully saturated rings. The summed E-state index contributed by atoms with van der Waals surface area (Å²) in [5, 5.41) is 13.6. The highest BCUT2D eigenvalue weighted by molar-refractivity contribution is 7.52. The summed E-state index contributed by atoms with van der Waals surface area (Å²) in [6.45, 7) is 7.25. The number of rotatable bonds is 12. The van der Waals surface area contributed by atoms with Crippen LogP contribution in [0.2, 0.25) is 0 Å². The molecule has 6 atom stereocenters. The number of hydrogen-bond acceptors (Lipinski definition) is 11. The number of aromatic nitrogens is 4. The van der Waals surface area contributed by atoms with Crippen LogP contribution in [0.1, 0.15) is 52.6 Å². The number of aryl methyl sites for hydroxylation is 1. The molecule has 3 heterocycles. The quantitative estimate of drug-likeness (QED) is 0.224. The standard InChI is InChI=1S/C28H38FN6O7P/c1-16(2)40-26(37)17(3)33-43(38,42-20-10-8-7-9-11-20)39-14-21-23(36)28(5,29)27(41-21)35-15-30-22-24(34(6)19-12-13-19)31-18(4)32-25(22)35/h7-11,15-17,19,21,23,27,36H,12-14H2,1-6H3,(H,33,38)/t17-,21?,23+,27+,28+,43?/m0/s1. The molecule has 2 aromatic heterocycles. The van der Waals surface area contributed by atoms with Crippen LogP contribution in [-0.2, 0) is 23.4 Å². The van der Waals surface area contributed by atoms with Crippen LogP contribution in [0, 0.1) is 6.92 Å². The van der Waals surface area contributed by atoms with Crippen LogP contribution in [0.4, 0.5) is 10.2 Å². The summed E-state index contributed by atoms with van der Waals surface area (Å²) in [6.07, 6.45) is -1.16. The number of alkyl halides is 1. The summed E-state index contributed by atoms with van der Waals surface area (Å²) in [5.74, 6) is 0.652. The zero-order chi connectivity index (χ0) is 31.1. The maximum Gasteiger partial charge on any atom is 0.459 e. The molecule has 1 saturated heterocycles. The van der Waals surface area contributed by atoms with Crippen molar-refractivity contribution in [1.29, 1.82) is 0 Å². The number of halogens is 1. The number of carbonyl (C=O) groups is 1. The van der Waals surface area contributed by atoms with Gasteiger partial charge in [0.05, 0.1) is 19.0 Å². The van der Waals surface area contributed by atoms with Gasteiger partial charge in [-0.05, 0) is 59.6 Å². The third-order valence-electron chi connectivity index (χ3n) is 7.35. The molecule has 0 amide bonds. The molecule has 1 aliphatic heterocycles. The van der Waals surface area contributed by atoms with Gasteiger partial charge >= 0.3 is 13.7 Å². The summed E-state index contributed by atoms with van der Waals surface area (Å²) in [7, 11) is -2.33. The summed E-state index contributed by atoms with van der Waals surface area (Å²) >= 11 is 0. The van der Waals surface area contributed by atoms with Crippen molar-refractivity contribution < 1.29 is 37.4 Å². The molecular weight excluding hydrogens is 582 g/mol. The van der Waals surface area contributed by atoms with E-state index in [0.29, 0.717) is 28.8 Å². The van der Waals surface area contributed by atoms with Crippen LogP contribution in [-0.4, -0.2) is 80.3 Å². The van der Waals surface area contributed by atoms with Crippen LogP contribution in [0.3, 0.4) is 0 Å². The van der Waals surface area contributed by atoms with E-state index in [1.807, 2.05) is 11.9 Å². The Morgan fingerprint density at radius 2 is 1.98 bits per heavy atom. The molecule has 1 aromatic carbocycles. The highest BCUT2D eigenvalue weighted by Crippen LogP contribution is 2.48. The van der Waals surface area contributed by atoms with Crippen LogP contribution in [0.15, 0.2) is 36.7 Å². The van der Waals surface area contributed by atoms with Crippen molar-refractivity contribution in [2.75, 3.05) is 18.6 Å². The molecule has 15 heteroatoms. The molecule has 0 bridgehead atoms. The van der Waals surface area contributed by atoms with Gasteiger partial charge in [0.1, 0.15) is 29.8 Å². The Balaban J connectivity index is 1.37. The molecule has 13 nitrogen and oxygen atoms in total. The summed E-state index contributed by atoms with van der Waals surface area (Å²) in [4.78, 5) is 28.0. The zero-order valence-electron chi connectivity index (χ0n) is 25.0. The van der Waals surface area contributed by atoms with E-state index in [4.69, 9.17) is 18.5 Å². The van der Waals surface area contributed by atoms with E-state index in [1.54, 1.807) is 51.1 Å². The fourth-order valence-corrected chi connectivity index (χ4v) is 6.42. The number of benzene rings is 1. The minimum absolute atomic E-state index is 0.204. The Hall–Kier alpha value is -3.16. The van der Waals surface area contributed by atoms with Gasteiger partial charge in [-0.2, -0.15) is 5.09 Å². The monoisotopic (exact) mass is 620 g/mol. The predicted molar refractivity (Wildman–Crippen MR) is 155 cm³/mol. The van der Waals surface area contributed by atoms with E-state index in [9.17, 15) is 14.5 Å². The highest BCUT2D eigenvalue weighted by atomic mass is 31.2. The minimum Gasteiger partial charge on any atom is -0.462 e. The van der Waals surface area contributed by atoms with Gasteiger partial charge in [0.25, 0.3) is 0 Å².